The van der Waals surface area contributed by atoms with Crippen LogP contribution in [0, 0.1) is 0 Å². The van der Waals surface area contributed by atoms with E-state index >= 15 is 0 Å². The Labute approximate surface area is 49.9 Å². The van der Waals surface area contributed by atoms with Gasteiger partial charge in [0.15, 0.2) is 0 Å². The molecule has 0 aromatic heterocycles. The summed E-state index contributed by atoms with van der Waals surface area (Å²) in [5.41, 5.74) is 11.4. The van der Waals surface area contributed by atoms with Gasteiger partial charge in [-0.25, -0.2) is 0 Å². The van der Waals surface area contributed by atoms with Crippen molar-refractivity contribution in [3.63, 3.8) is 0 Å². The van der Waals surface area contributed by atoms with Gasteiger partial charge < -0.3 is 11.5 Å². The molecule has 0 aliphatic carbocycles. The molecule has 0 fully saturated rings. The third-order valence-corrected chi connectivity index (χ3v) is 0.831. The number of hydrogen-bond donors (Lipinski definition) is 2. The molecule has 0 aromatic rings. The van der Waals surface area contributed by atoms with Crippen molar-refractivity contribution < 1.29 is 0 Å². The van der Waals surface area contributed by atoms with E-state index in [4.69, 9.17) is 11.5 Å². The van der Waals surface area contributed by atoms with Crippen molar-refractivity contribution >= 4 is 0 Å². The quantitative estimate of drug-likeness (QED) is 0.507. The van der Waals surface area contributed by atoms with Gasteiger partial charge >= 0.3 is 0 Å². The molecule has 0 unspecified atom stereocenters. The molecule has 0 radical (unpaired) electrons. The van der Waals surface area contributed by atoms with Crippen molar-refractivity contribution in [3.8, 4) is 0 Å². The maximum Gasteiger partial charge on any atom is 0.0192 e. The molecule has 46 valence electrons. The molecule has 0 aliphatic heterocycles. The third-order valence-electron chi connectivity index (χ3n) is 0.831. The Morgan fingerprint density at radius 3 is 2.38 bits per heavy atom. The molecule has 4 N–H and O–H groups in total. The molecule has 0 spiro atoms. The number of nitrogens with two attached hydrogens (primary N) is 2. The first kappa shape index (κ1) is 7.24. The lowest BCUT2D eigenvalue weighted by atomic mass is 10.3. The fourth-order valence-corrected chi connectivity index (χ4v) is 0.406. The van der Waals surface area contributed by atoms with Gasteiger partial charge in [-0.05, 0) is 18.7 Å². The Morgan fingerprint density at radius 2 is 2.25 bits per heavy atom. The monoisotopic (exact) mass is 112 g/mol. The second-order valence-electron chi connectivity index (χ2n) is 1.45. The van der Waals surface area contributed by atoms with Crippen LogP contribution in [0.4, 0.5) is 0 Å². The molecule has 0 saturated carbocycles. The minimum Gasteiger partial charge on any atom is -0.404 e. The number of allylic oxidation sites excluding steroid dienone is 1. The Bertz CT molecular complexity index is 100. The molecule has 0 aliphatic rings. The Balaban J connectivity index is 3.72. The van der Waals surface area contributed by atoms with Gasteiger partial charge in [0.05, 0.1) is 0 Å². The normalized spacial score (nSPS) is 13.0. The summed E-state index contributed by atoms with van der Waals surface area (Å²) in [6, 6.07) is 0. The molecule has 0 saturated heterocycles. The van der Waals surface area contributed by atoms with E-state index in [9.17, 15) is 0 Å². The zero-order valence-electron chi connectivity index (χ0n) is 5.09. The van der Waals surface area contributed by atoms with E-state index in [1.165, 1.54) is 6.20 Å². The van der Waals surface area contributed by atoms with Gasteiger partial charge in [-0.15, -0.1) is 0 Å². The zero-order chi connectivity index (χ0) is 6.41. The average molecular weight is 112 g/mol. The topological polar surface area (TPSA) is 52.0 Å². The highest BCUT2D eigenvalue weighted by Gasteiger charge is 1.80. The van der Waals surface area contributed by atoms with Gasteiger partial charge in [0.25, 0.3) is 0 Å². The highest BCUT2D eigenvalue weighted by atomic mass is 14.6. The molecule has 2 heteroatoms. The van der Waals surface area contributed by atoms with Gasteiger partial charge in [0.2, 0.25) is 0 Å². The largest absolute Gasteiger partial charge is 0.404 e. The van der Waals surface area contributed by atoms with E-state index in [1.54, 1.807) is 0 Å². The van der Waals surface area contributed by atoms with Crippen LogP contribution in [0.2, 0.25) is 0 Å². The Morgan fingerprint density at radius 1 is 1.62 bits per heavy atom. The molecule has 0 amide bonds. The van der Waals surface area contributed by atoms with Crippen molar-refractivity contribution in [2.75, 3.05) is 6.54 Å². The molecule has 0 atom stereocenters. The summed E-state index contributed by atoms with van der Waals surface area (Å²) in [6.45, 7) is 2.44. The Kier molecular flexibility index (Phi) is 3.98. The number of hydrogen-bond acceptors (Lipinski definition) is 2. The average Bonchev–Trinajstić information content (AvgIpc) is 1.83. The van der Waals surface area contributed by atoms with E-state index in [-0.39, 0.29) is 0 Å². The SMILES string of the molecule is C/C=C/C(=C\N)CN. The highest BCUT2D eigenvalue weighted by Crippen LogP contribution is 1.88. The summed E-state index contributed by atoms with van der Waals surface area (Å²) in [6.07, 6.45) is 5.31. The molecule has 0 aromatic carbocycles. The van der Waals surface area contributed by atoms with Crippen LogP contribution in [0.1, 0.15) is 6.92 Å². The third kappa shape index (κ3) is 2.42. The summed E-state index contributed by atoms with van der Waals surface area (Å²) in [5.74, 6) is 0. The van der Waals surface area contributed by atoms with E-state index in [1.807, 2.05) is 19.1 Å². The first-order valence-electron chi connectivity index (χ1n) is 2.58. The van der Waals surface area contributed by atoms with E-state index in [0.717, 1.165) is 5.57 Å². The fourth-order valence-electron chi connectivity index (χ4n) is 0.406. The number of rotatable bonds is 2. The van der Waals surface area contributed by atoms with Gasteiger partial charge in [-0.3, -0.25) is 0 Å². The van der Waals surface area contributed by atoms with E-state index in [0.29, 0.717) is 6.54 Å². The van der Waals surface area contributed by atoms with Gasteiger partial charge in [-0.1, -0.05) is 12.2 Å². The highest BCUT2D eigenvalue weighted by molar-refractivity contribution is 5.17. The van der Waals surface area contributed by atoms with Crippen LogP contribution < -0.4 is 11.5 Å². The molecule has 0 bridgehead atoms. The van der Waals surface area contributed by atoms with Gasteiger partial charge in [0.1, 0.15) is 0 Å². The molecular formula is C6H12N2. The van der Waals surface area contributed by atoms with Crippen molar-refractivity contribution in [1.82, 2.24) is 0 Å². The summed E-state index contributed by atoms with van der Waals surface area (Å²) in [7, 11) is 0. The molecular weight excluding hydrogens is 100 g/mol. The lowest BCUT2D eigenvalue weighted by Crippen LogP contribution is -2.02. The van der Waals surface area contributed by atoms with Gasteiger partial charge in [-0.2, -0.15) is 0 Å². The second-order valence-corrected chi connectivity index (χ2v) is 1.45. The van der Waals surface area contributed by atoms with Gasteiger partial charge in [0, 0.05) is 6.54 Å². The first-order valence-corrected chi connectivity index (χ1v) is 2.58. The van der Waals surface area contributed by atoms with Crippen LogP contribution in [0.3, 0.4) is 0 Å². The van der Waals surface area contributed by atoms with Crippen LogP contribution in [0.5, 0.6) is 0 Å². The van der Waals surface area contributed by atoms with Crippen molar-refractivity contribution in [2.24, 2.45) is 11.5 Å². The van der Waals surface area contributed by atoms with Crippen LogP contribution in [0.25, 0.3) is 0 Å². The minimum absolute atomic E-state index is 0.515. The maximum atomic E-state index is 5.27. The molecule has 0 heterocycles. The van der Waals surface area contributed by atoms with Crippen LogP contribution in [-0.2, 0) is 0 Å². The first-order chi connectivity index (χ1) is 3.85. The van der Waals surface area contributed by atoms with E-state index in [2.05, 4.69) is 0 Å². The lowest BCUT2D eigenvalue weighted by molar-refractivity contribution is 1.17. The van der Waals surface area contributed by atoms with E-state index < -0.39 is 0 Å². The standard InChI is InChI=1S/C6H12N2/c1-2-3-6(4-7)5-8/h2-4H,5,7-8H2,1H3/b3-2+,6-4+. The summed E-state index contributed by atoms with van der Waals surface area (Å²) < 4.78 is 0. The van der Waals surface area contributed by atoms with Crippen molar-refractivity contribution in [2.45, 2.75) is 6.92 Å². The van der Waals surface area contributed by atoms with Crippen molar-refractivity contribution in [1.29, 1.82) is 0 Å². The fraction of sp³-hybridized carbons (Fsp3) is 0.333. The second kappa shape index (κ2) is 4.40. The van der Waals surface area contributed by atoms with Crippen molar-refractivity contribution in [3.05, 3.63) is 23.9 Å². The zero-order valence-corrected chi connectivity index (χ0v) is 5.09. The lowest BCUT2D eigenvalue weighted by Gasteiger charge is -1.90. The van der Waals surface area contributed by atoms with Crippen LogP contribution in [-0.4, -0.2) is 6.54 Å². The summed E-state index contributed by atoms with van der Waals surface area (Å²) in [5, 5.41) is 0. The maximum absolute atomic E-state index is 5.27. The van der Waals surface area contributed by atoms with Crippen LogP contribution >= 0.6 is 0 Å². The Hall–Kier alpha value is -0.760. The summed E-state index contributed by atoms with van der Waals surface area (Å²) in [4.78, 5) is 0. The molecule has 8 heavy (non-hydrogen) atoms. The minimum atomic E-state index is 0.515. The predicted molar refractivity (Wildman–Crippen MR) is 36.1 cm³/mol. The predicted octanol–water partition coefficient (Wildman–Crippen LogP) is 0.364. The molecule has 0 rings (SSSR count). The van der Waals surface area contributed by atoms with Crippen LogP contribution in [0.15, 0.2) is 23.9 Å². The summed E-state index contributed by atoms with van der Waals surface area (Å²) >= 11 is 0. The molecule has 2 nitrogen and oxygen atoms in total. The smallest absolute Gasteiger partial charge is 0.0192 e.